The molecule has 1 fully saturated rings. The molecule has 0 aromatic carbocycles. The van der Waals surface area contributed by atoms with Gasteiger partial charge in [-0.05, 0) is 31.5 Å². The van der Waals surface area contributed by atoms with Crippen LogP contribution in [0, 0.1) is 0 Å². The molecule has 3 heterocycles. The van der Waals surface area contributed by atoms with E-state index in [0.29, 0.717) is 19.6 Å². The number of rotatable bonds is 5. The Morgan fingerprint density at radius 2 is 2.00 bits per heavy atom. The molecule has 0 radical (unpaired) electrons. The zero-order valence-electron chi connectivity index (χ0n) is 15.5. The predicted octanol–water partition coefficient (Wildman–Crippen LogP) is -0.149. The van der Waals surface area contributed by atoms with Gasteiger partial charge in [-0.3, -0.25) is 19.3 Å². The molecule has 1 aliphatic rings. The van der Waals surface area contributed by atoms with Gasteiger partial charge < -0.3 is 25.0 Å². The Bertz CT molecular complexity index is 697. The van der Waals surface area contributed by atoms with E-state index in [1.165, 1.54) is 0 Å². The van der Waals surface area contributed by atoms with E-state index in [1.807, 2.05) is 39.9 Å². The number of piperidine rings is 1. The Morgan fingerprint density at radius 3 is 2.64 bits per heavy atom. The SMILES string of the molecule is O=C(CN1CCCC(O)C1)NCCc1cn2ccccc2n1.O=CO.O=CO. The van der Waals surface area contributed by atoms with Gasteiger partial charge in [-0.25, -0.2) is 4.98 Å². The maximum Gasteiger partial charge on any atom is 0.290 e. The molecule has 28 heavy (non-hydrogen) atoms. The summed E-state index contributed by atoms with van der Waals surface area (Å²) in [7, 11) is 0. The van der Waals surface area contributed by atoms with Crippen LogP contribution in [0.2, 0.25) is 0 Å². The average Bonchev–Trinajstić information content (AvgIpc) is 3.06. The Balaban J connectivity index is 0.000000582. The van der Waals surface area contributed by atoms with Gasteiger partial charge in [0.2, 0.25) is 5.91 Å². The molecule has 10 nitrogen and oxygen atoms in total. The van der Waals surface area contributed by atoms with Gasteiger partial charge in [0.1, 0.15) is 5.65 Å². The van der Waals surface area contributed by atoms with E-state index in [0.717, 1.165) is 37.1 Å². The topological polar surface area (TPSA) is 144 Å². The van der Waals surface area contributed by atoms with Crippen LogP contribution in [0.4, 0.5) is 0 Å². The molecule has 0 bridgehead atoms. The van der Waals surface area contributed by atoms with Crippen LogP contribution in [-0.4, -0.2) is 80.7 Å². The number of aromatic nitrogens is 2. The molecule has 154 valence electrons. The van der Waals surface area contributed by atoms with E-state index in [2.05, 4.69) is 10.3 Å². The standard InChI is InChI=1S/C16H22N4O2.2CH2O2/c21-14-4-3-8-19(11-14)12-16(22)17-7-6-13-10-20-9-2-1-5-15(20)18-13;2*2-1-3/h1-2,5,9-10,14,21H,3-4,6-8,11-12H2,(H,17,22);2*1H,(H,2,3). The second-order valence-electron chi connectivity index (χ2n) is 6.04. The minimum atomic E-state index is -0.292. The first kappa shape index (κ1) is 23.1. The molecule has 10 heteroatoms. The number of carbonyl (C=O) groups is 3. The fourth-order valence-electron chi connectivity index (χ4n) is 2.87. The number of likely N-dealkylation sites (tertiary alicyclic amines) is 1. The van der Waals surface area contributed by atoms with Crippen LogP contribution in [0.1, 0.15) is 18.5 Å². The van der Waals surface area contributed by atoms with Crippen molar-refractivity contribution in [2.24, 2.45) is 0 Å². The van der Waals surface area contributed by atoms with Crippen molar-refractivity contribution in [3.05, 3.63) is 36.3 Å². The van der Waals surface area contributed by atoms with Gasteiger partial charge in [0.15, 0.2) is 0 Å². The maximum atomic E-state index is 11.9. The van der Waals surface area contributed by atoms with Crippen molar-refractivity contribution in [3.8, 4) is 0 Å². The molecule has 1 amide bonds. The van der Waals surface area contributed by atoms with Crippen LogP contribution in [0.3, 0.4) is 0 Å². The van der Waals surface area contributed by atoms with E-state index >= 15 is 0 Å². The minimum absolute atomic E-state index is 0.0119. The highest BCUT2D eigenvalue weighted by Crippen LogP contribution is 2.09. The van der Waals surface area contributed by atoms with Crippen molar-refractivity contribution in [1.29, 1.82) is 0 Å². The molecule has 3 rings (SSSR count). The number of amides is 1. The van der Waals surface area contributed by atoms with Crippen molar-refractivity contribution in [2.75, 3.05) is 26.2 Å². The monoisotopic (exact) mass is 394 g/mol. The summed E-state index contributed by atoms with van der Waals surface area (Å²) in [6, 6.07) is 5.89. The lowest BCUT2D eigenvalue weighted by Gasteiger charge is -2.29. The second kappa shape index (κ2) is 13.2. The Morgan fingerprint density at radius 1 is 1.29 bits per heavy atom. The van der Waals surface area contributed by atoms with Gasteiger partial charge in [0.25, 0.3) is 12.9 Å². The lowest BCUT2D eigenvalue weighted by atomic mass is 10.1. The third-order valence-electron chi connectivity index (χ3n) is 3.97. The highest BCUT2D eigenvalue weighted by molar-refractivity contribution is 5.78. The molecule has 1 atom stereocenters. The van der Waals surface area contributed by atoms with Crippen molar-refractivity contribution in [1.82, 2.24) is 19.6 Å². The number of imidazole rings is 1. The number of pyridine rings is 1. The summed E-state index contributed by atoms with van der Waals surface area (Å²) in [6.07, 6.45) is 6.17. The third-order valence-corrected chi connectivity index (χ3v) is 3.97. The minimum Gasteiger partial charge on any atom is -0.483 e. The van der Waals surface area contributed by atoms with Gasteiger partial charge in [-0.15, -0.1) is 0 Å². The number of fused-ring (bicyclic) bond motifs is 1. The van der Waals surface area contributed by atoms with Gasteiger partial charge >= 0.3 is 0 Å². The van der Waals surface area contributed by atoms with Gasteiger partial charge in [0, 0.05) is 31.9 Å². The van der Waals surface area contributed by atoms with E-state index in [9.17, 15) is 9.90 Å². The lowest BCUT2D eigenvalue weighted by Crippen LogP contribution is -2.44. The van der Waals surface area contributed by atoms with E-state index in [-0.39, 0.29) is 25.0 Å². The molecule has 2 aromatic rings. The Hall–Kier alpha value is -2.98. The summed E-state index contributed by atoms with van der Waals surface area (Å²) < 4.78 is 1.98. The second-order valence-corrected chi connectivity index (χ2v) is 6.04. The summed E-state index contributed by atoms with van der Waals surface area (Å²) in [6.45, 7) is 1.93. The number of hydrogen-bond donors (Lipinski definition) is 4. The summed E-state index contributed by atoms with van der Waals surface area (Å²) >= 11 is 0. The Labute approximate surface area is 162 Å². The lowest BCUT2D eigenvalue weighted by molar-refractivity contribution is -0.123. The first-order valence-electron chi connectivity index (χ1n) is 8.79. The summed E-state index contributed by atoms with van der Waals surface area (Å²) in [4.78, 5) is 35.2. The van der Waals surface area contributed by atoms with E-state index < -0.39 is 0 Å². The zero-order valence-corrected chi connectivity index (χ0v) is 15.5. The fraction of sp³-hybridized carbons (Fsp3) is 0.444. The smallest absolute Gasteiger partial charge is 0.290 e. The number of carbonyl (C=O) groups excluding carboxylic acids is 1. The predicted molar refractivity (Wildman–Crippen MR) is 101 cm³/mol. The molecular weight excluding hydrogens is 368 g/mol. The Kier molecular flexibility index (Phi) is 10.9. The molecule has 4 N–H and O–H groups in total. The molecule has 0 saturated carbocycles. The number of β-amino-alcohol motifs (C(OH)–C–C–N with tert-alkyl or cyclic N) is 1. The van der Waals surface area contributed by atoms with Gasteiger partial charge in [-0.1, -0.05) is 6.07 Å². The number of hydrogen-bond acceptors (Lipinski definition) is 6. The molecule has 1 aliphatic heterocycles. The van der Waals surface area contributed by atoms with Crippen LogP contribution in [0.5, 0.6) is 0 Å². The van der Waals surface area contributed by atoms with Gasteiger partial charge in [0.05, 0.1) is 18.3 Å². The van der Waals surface area contributed by atoms with E-state index in [4.69, 9.17) is 19.8 Å². The fourth-order valence-corrected chi connectivity index (χ4v) is 2.87. The van der Waals surface area contributed by atoms with Crippen molar-refractivity contribution in [3.63, 3.8) is 0 Å². The molecule has 1 unspecified atom stereocenters. The van der Waals surface area contributed by atoms with Crippen LogP contribution in [0.15, 0.2) is 30.6 Å². The van der Waals surface area contributed by atoms with Crippen molar-refractivity contribution in [2.45, 2.75) is 25.4 Å². The number of nitrogens with one attached hydrogen (secondary N) is 1. The van der Waals surface area contributed by atoms with Crippen molar-refractivity contribution < 1.29 is 29.7 Å². The highest BCUT2D eigenvalue weighted by atomic mass is 16.3. The molecular formula is C18H26N4O6. The van der Waals surface area contributed by atoms with Crippen LogP contribution < -0.4 is 5.32 Å². The summed E-state index contributed by atoms with van der Waals surface area (Å²) in [5.41, 5.74) is 1.89. The normalized spacial score (nSPS) is 16.1. The largest absolute Gasteiger partial charge is 0.483 e. The van der Waals surface area contributed by atoms with E-state index in [1.54, 1.807) is 0 Å². The third kappa shape index (κ3) is 8.60. The summed E-state index contributed by atoms with van der Waals surface area (Å²) in [5.74, 6) is 0.0119. The summed E-state index contributed by atoms with van der Waals surface area (Å²) in [5, 5.41) is 26.3. The van der Waals surface area contributed by atoms with Gasteiger partial charge in [-0.2, -0.15) is 0 Å². The first-order chi connectivity index (χ1) is 13.5. The van der Waals surface area contributed by atoms with Crippen molar-refractivity contribution >= 4 is 24.5 Å². The van der Waals surface area contributed by atoms with Crippen LogP contribution in [-0.2, 0) is 20.8 Å². The molecule has 2 aromatic heterocycles. The number of carboxylic acid groups (broad SMARTS) is 2. The molecule has 0 aliphatic carbocycles. The maximum absolute atomic E-state index is 11.9. The number of aliphatic hydroxyl groups is 1. The number of aliphatic hydroxyl groups excluding tert-OH is 1. The average molecular weight is 394 g/mol. The zero-order chi connectivity index (χ0) is 20.8. The quantitative estimate of drug-likeness (QED) is 0.513. The van der Waals surface area contributed by atoms with Crippen LogP contribution >= 0.6 is 0 Å². The highest BCUT2D eigenvalue weighted by Gasteiger charge is 2.19. The number of nitrogens with zero attached hydrogens (tertiary/aromatic N) is 3. The van der Waals surface area contributed by atoms with Crippen LogP contribution in [0.25, 0.3) is 5.65 Å². The molecule has 0 spiro atoms. The molecule has 1 saturated heterocycles. The first-order valence-corrected chi connectivity index (χ1v) is 8.79.